The summed E-state index contributed by atoms with van der Waals surface area (Å²) < 4.78 is 50.2. The van der Waals surface area contributed by atoms with Gasteiger partial charge in [-0.2, -0.15) is 0 Å². The molecule has 9 nitrogen and oxygen atoms in total. The van der Waals surface area contributed by atoms with E-state index < -0.39 is 50.4 Å². The minimum absolute atomic E-state index is 0.0595. The number of anilines is 2. The van der Waals surface area contributed by atoms with Crippen LogP contribution in [0.3, 0.4) is 0 Å². The van der Waals surface area contributed by atoms with E-state index in [0.717, 1.165) is 0 Å². The molecule has 0 saturated heterocycles. The van der Waals surface area contributed by atoms with Gasteiger partial charge in [-0.3, -0.25) is 0 Å². The van der Waals surface area contributed by atoms with Gasteiger partial charge in [-0.15, -0.1) is 0 Å². The van der Waals surface area contributed by atoms with Crippen molar-refractivity contribution >= 4 is 58.6 Å². The van der Waals surface area contributed by atoms with E-state index >= 15 is 0 Å². The van der Waals surface area contributed by atoms with E-state index in [1.807, 2.05) is 0 Å². The van der Waals surface area contributed by atoms with E-state index in [9.17, 15) is 21.6 Å². The Bertz CT molecular complexity index is 1540. The van der Waals surface area contributed by atoms with Crippen LogP contribution in [0.5, 0.6) is 0 Å². The first-order valence-electron chi connectivity index (χ1n) is 11.0. The molecule has 0 heterocycles. The van der Waals surface area contributed by atoms with Crippen LogP contribution < -0.4 is 10.6 Å². The van der Waals surface area contributed by atoms with Crippen molar-refractivity contribution in [3.8, 4) is 0 Å². The van der Waals surface area contributed by atoms with Crippen molar-refractivity contribution in [1.29, 1.82) is 0 Å². The Kier molecular flexibility index (Phi) is 7.27. The van der Waals surface area contributed by atoms with Crippen molar-refractivity contribution in [2.75, 3.05) is 35.4 Å². The molecule has 0 aliphatic carbocycles. The SMILES string of the molecule is O=C(Nc1ccc2cccc(S(=O)(=O)CCO)c2c1)Nc1ccc2cccc(S(=O)(=O)CCO)c2c1. The summed E-state index contributed by atoms with van der Waals surface area (Å²) in [5.41, 5.74) is 0.692. The quantitative estimate of drug-likeness (QED) is 0.274. The molecule has 0 bridgehead atoms. The van der Waals surface area contributed by atoms with Crippen molar-refractivity contribution in [2.45, 2.75) is 9.79 Å². The number of carbonyl (C=O) groups excluding carboxylic acids is 1. The number of hydrogen-bond acceptors (Lipinski definition) is 7. The van der Waals surface area contributed by atoms with Gasteiger partial charge in [-0.05, 0) is 47.2 Å². The average molecular weight is 529 g/mol. The van der Waals surface area contributed by atoms with Gasteiger partial charge in [0, 0.05) is 22.1 Å². The normalized spacial score (nSPS) is 12.1. The lowest BCUT2D eigenvalue weighted by atomic mass is 10.1. The number of amides is 2. The van der Waals surface area contributed by atoms with Crippen molar-refractivity contribution in [3.05, 3.63) is 72.8 Å². The van der Waals surface area contributed by atoms with Crippen LogP contribution in [0.1, 0.15) is 0 Å². The molecule has 0 atom stereocenters. The van der Waals surface area contributed by atoms with Crippen LogP contribution in [0.4, 0.5) is 16.2 Å². The maximum absolute atomic E-state index is 12.7. The highest BCUT2D eigenvalue weighted by Gasteiger charge is 2.19. The van der Waals surface area contributed by atoms with Crippen molar-refractivity contribution in [2.24, 2.45) is 0 Å². The lowest BCUT2D eigenvalue weighted by Crippen LogP contribution is -2.19. The summed E-state index contributed by atoms with van der Waals surface area (Å²) in [6, 6.07) is 18.7. The lowest BCUT2D eigenvalue weighted by Gasteiger charge is -2.12. The summed E-state index contributed by atoms with van der Waals surface area (Å²) in [5, 5.41) is 25.7. The Labute approximate surface area is 208 Å². The Hall–Kier alpha value is -3.51. The van der Waals surface area contributed by atoms with Gasteiger partial charge in [-0.1, -0.05) is 36.4 Å². The summed E-state index contributed by atoms with van der Waals surface area (Å²) in [7, 11) is -7.43. The Morgan fingerprint density at radius 3 is 1.44 bits per heavy atom. The van der Waals surface area contributed by atoms with E-state index in [0.29, 0.717) is 32.9 Å². The van der Waals surface area contributed by atoms with E-state index in [1.165, 1.54) is 12.1 Å². The lowest BCUT2D eigenvalue weighted by molar-refractivity contribution is 0.262. The van der Waals surface area contributed by atoms with E-state index in [1.54, 1.807) is 60.7 Å². The number of aliphatic hydroxyl groups is 2. The number of aliphatic hydroxyl groups excluding tert-OH is 2. The van der Waals surface area contributed by atoms with E-state index in [-0.39, 0.29) is 9.79 Å². The molecule has 4 aromatic carbocycles. The second kappa shape index (κ2) is 10.2. The largest absolute Gasteiger partial charge is 0.395 e. The number of sulfone groups is 2. The van der Waals surface area contributed by atoms with Gasteiger partial charge in [0.05, 0.1) is 34.5 Å². The highest BCUT2D eigenvalue weighted by atomic mass is 32.2. The molecule has 188 valence electrons. The zero-order chi connectivity index (χ0) is 25.9. The minimum Gasteiger partial charge on any atom is -0.395 e. The Balaban J connectivity index is 1.62. The third-order valence-electron chi connectivity index (χ3n) is 5.59. The molecule has 4 aromatic rings. The zero-order valence-corrected chi connectivity index (χ0v) is 20.6. The molecule has 0 aliphatic heterocycles. The molecule has 0 saturated carbocycles. The number of fused-ring (bicyclic) bond motifs is 2. The van der Waals surface area contributed by atoms with Gasteiger partial charge in [0.25, 0.3) is 0 Å². The molecule has 4 rings (SSSR count). The molecule has 36 heavy (non-hydrogen) atoms. The van der Waals surface area contributed by atoms with Crippen molar-refractivity contribution < 1.29 is 31.8 Å². The van der Waals surface area contributed by atoms with Gasteiger partial charge in [0.2, 0.25) is 0 Å². The molecular formula is C25H24N2O7S2. The van der Waals surface area contributed by atoms with Gasteiger partial charge in [0.15, 0.2) is 19.7 Å². The molecule has 2 amide bonds. The van der Waals surface area contributed by atoms with Crippen LogP contribution in [0.25, 0.3) is 21.5 Å². The second-order valence-corrected chi connectivity index (χ2v) is 12.2. The molecular weight excluding hydrogens is 504 g/mol. The zero-order valence-electron chi connectivity index (χ0n) is 19.0. The van der Waals surface area contributed by atoms with Crippen LogP contribution in [0, 0.1) is 0 Å². The van der Waals surface area contributed by atoms with Gasteiger partial charge < -0.3 is 20.8 Å². The summed E-state index contributed by atoms with van der Waals surface area (Å²) in [6.45, 7) is -1.01. The predicted octanol–water partition coefficient (Wildman–Crippen LogP) is 3.17. The average Bonchev–Trinajstić information content (AvgIpc) is 2.83. The Morgan fingerprint density at radius 2 is 1.06 bits per heavy atom. The predicted molar refractivity (Wildman–Crippen MR) is 139 cm³/mol. The topological polar surface area (TPSA) is 150 Å². The third-order valence-corrected chi connectivity index (χ3v) is 9.08. The van der Waals surface area contributed by atoms with E-state index in [4.69, 9.17) is 10.2 Å². The molecule has 4 N–H and O–H groups in total. The molecule has 0 aromatic heterocycles. The molecule has 0 radical (unpaired) electrons. The number of nitrogens with one attached hydrogen (secondary N) is 2. The van der Waals surface area contributed by atoms with Gasteiger partial charge in [-0.25, -0.2) is 21.6 Å². The van der Waals surface area contributed by atoms with E-state index in [2.05, 4.69) is 10.6 Å². The number of urea groups is 1. The number of benzene rings is 4. The summed E-state index contributed by atoms with van der Waals surface area (Å²) in [6.07, 6.45) is 0. The van der Waals surface area contributed by atoms with Crippen LogP contribution in [-0.4, -0.2) is 57.8 Å². The second-order valence-electron chi connectivity index (χ2n) is 8.05. The van der Waals surface area contributed by atoms with Crippen LogP contribution >= 0.6 is 0 Å². The fourth-order valence-corrected chi connectivity index (χ4v) is 6.46. The minimum atomic E-state index is -3.72. The fraction of sp³-hybridized carbons (Fsp3) is 0.160. The highest BCUT2D eigenvalue weighted by Crippen LogP contribution is 2.29. The standard InChI is InChI=1S/C25H24N2O7S2/c28-11-13-35(31,32)23-5-1-3-17-7-9-19(15-21(17)23)26-25(30)27-20-10-8-18-4-2-6-24(22(18)16-20)36(33,34)14-12-29/h1-10,15-16,28-29H,11-14H2,(H2,26,27,30). The fourth-order valence-electron chi connectivity index (χ4n) is 3.94. The molecule has 0 aliphatic rings. The molecule has 11 heteroatoms. The van der Waals surface area contributed by atoms with Gasteiger partial charge >= 0.3 is 6.03 Å². The Morgan fingerprint density at radius 1 is 0.639 bits per heavy atom. The smallest absolute Gasteiger partial charge is 0.323 e. The van der Waals surface area contributed by atoms with Crippen LogP contribution in [0.15, 0.2) is 82.6 Å². The maximum atomic E-state index is 12.7. The first kappa shape index (κ1) is 25.6. The molecule has 0 fully saturated rings. The number of rotatable bonds is 8. The van der Waals surface area contributed by atoms with Gasteiger partial charge in [0.1, 0.15) is 0 Å². The maximum Gasteiger partial charge on any atom is 0.323 e. The van der Waals surface area contributed by atoms with Crippen molar-refractivity contribution in [3.63, 3.8) is 0 Å². The van der Waals surface area contributed by atoms with Crippen LogP contribution in [0.2, 0.25) is 0 Å². The molecule has 0 unspecified atom stereocenters. The summed E-state index contributed by atoms with van der Waals surface area (Å²) >= 11 is 0. The monoisotopic (exact) mass is 528 g/mol. The first-order valence-corrected chi connectivity index (χ1v) is 14.3. The highest BCUT2D eigenvalue weighted by molar-refractivity contribution is 7.92. The first-order chi connectivity index (χ1) is 17.1. The molecule has 0 spiro atoms. The number of carbonyl (C=O) groups is 1. The summed E-state index contributed by atoms with van der Waals surface area (Å²) in [4.78, 5) is 12.8. The number of hydrogen-bond donors (Lipinski definition) is 4. The van der Waals surface area contributed by atoms with Crippen molar-refractivity contribution in [1.82, 2.24) is 0 Å². The summed E-state index contributed by atoms with van der Waals surface area (Å²) in [5.74, 6) is -0.829. The third kappa shape index (κ3) is 5.34. The van der Waals surface area contributed by atoms with Crippen LogP contribution in [-0.2, 0) is 19.7 Å².